The lowest BCUT2D eigenvalue weighted by Crippen LogP contribution is -2.46. The summed E-state index contributed by atoms with van der Waals surface area (Å²) in [5, 5.41) is 9.08. The molecule has 126 valence electrons. The first-order chi connectivity index (χ1) is 10.9. The molecule has 0 amide bonds. The maximum absolute atomic E-state index is 13.1. The lowest BCUT2D eigenvalue weighted by atomic mass is 10.2. The lowest BCUT2D eigenvalue weighted by molar-refractivity contribution is 0.0374. The zero-order chi connectivity index (χ0) is 17.0. The zero-order valence-electron chi connectivity index (χ0n) is 13.1. The van der Waals surface area contributed by atoms with Crippen LogP contribution in [0.15, 0.2) is 35.7 Å². The molecule has 0 radical (unpaired) electrons. The largest absolute Gasteiger partial charge is 0.379 e. The quantitative estimate of drug-likeness (QED) is 0.418. The summed E-state index contributed by atoms with van der Waals surface area (Å²) in [5.41, 5.74) is 6.41. The van der Waals surface area contributed by atoms with Crippen LogP contribution in [-0.4, -0.2) is 51.0 Å². The summed E-state index contributed by atoms with van der Waals surface area (Å²) < 4.78 is 31.4. The summed E-state index contributed by atoms with van der Waals surface area (Å²) in [5.74, 6) is -0.245. The van der Waals surface area contributed by atoms with Crippen LogP contribution in [0.25, 0.3) is 0 Å². The van der Waals surface area contributed by atoms with Crippen molar-refractivity contribution in [1.29, 1.82) is 5.41 Å². The third-order valence-electron chi connectivity index (χ3n) is 3.70. The van der Waals surface area contributed by atoms with Crippen LogP contribution in [0.2, 0.25) is 0 Å². The Hall–Kier alpha value is -1.90. The minimum Gasteiger partial charge on any atom is -0.379 e. The van der Waals surface area contributed by atoms with Crippen LogP contribution in [0, 0.1) is 12.3 Å². The van der Waals surface area contributed by atoms with Crippen LogP contribution in [0.1, 0.15) is 5.56 Å². The van der Waals surface area contributed by atoms with Gasteiger partial charge in [0, 0.05) is 18.8 Å². The average molecular weight is 338 g/mol. The molecule has 0 bridgehead atoms. The van der Waals surface area contributed by atoms with Gasteiger partial charge in [-0.1, -0.05) is 12.1 Å². The molecule has 4 N–H and O–H groups in total. The van der Waals surface area contributed by atoms with Crippen molar-refractivity contribution in [3.05, 3.63) is 36.4 Å². The molecule has 1 saturated heterocycles. The van der Waals surface area contributed by atoms with E-state index in [0.29, 0.717) is 37.6 Å². The molecule has 2 rings (SSSR count). The van der Waals surface area contributed by atoms with E-state index in [1.165, 1.54) is 12.1 Å². The molecular formula is C15H22N4O3S. The van der Waals surface area contributed by atoms with E-state index < -0.39 is 15.2 Å². The Morgan fingerprint density at radius 1 is 1.48 bits per heavy atom. The first-order valence-electron chi connectivity index (χ1n) is 7.26. The van der Waals surface area contributed by atoms with Crippen molar-refractivity contribution >= 4 is 21.5 Å². The van der Waals surface area contributed by atoms with Crippen LogP contribution in [-0.2, 0) is 14.6 Å². The van der Waals surface area contributed by atoms with Crippen molar-refractivity contribution in [2.24, 2.45) is 5.73 Å². The van der Waals surface area contributed by atoms with Gasteiger partial charge in [-0.15, -0.1) is 6.58 Å². The number of rotatable bonds is 5. The molecule has 1 atom stereocenters. The molecule has 1 aromatic carbocycles. The van der Waals surface area contributed by atoms with E-state index in [9.17, 15) is 8.42 Å². The molecule has 1 heterocycles. The summed E-state index contributed by atoms with van der Waals surface area (Å²) in [6, 6.07) is 4.88. The van der Waals surface area contributed by atoms with E-state index in [4.69, 9.17) is 15.9 Å². The fraction of sp³-hybridized carbons (Fsp3) is 0.400. The first-order valence-corrected chi connectivity index (χ1v) is 8.81. The van der Waals surface area contributed by atoms with E-state index in [1.807, 2.05) is 4.90 Å². The number of hydrogen-bond donors (Lipinski definition) is 3. The smallest absolute Gasteiger partial charge is 0.198 e. The molecule has 0 saturated carbocycles. The zero-order valence-corrected chi connectivity index (χ0v) is 13.9. The van der Waals surface area contributed by atoms with Gasteiger partial charge in [0.15, 0.2) is 15.8 Å². The predicted molar refractivity (Wildman–Crippen MR) is 90.3 cm³/mol. The molecule has 0 aromatic heterocycles. The molecule has 1 aliphatic rings. The Labute approximate surface area is 136 Å². The normalized spacial score (nSPS) is 17.4. The number of nitrogens with zero attached hydrogens (tertiary/aromatic N) is 1. The second kappa shape index (κ2) is 7.12. The molecule has 1 aliphatic heterocycles. The van der Waals surface area contributed by atoms with Gasteiger partial charge in [-0.2, -0.15) is 0 Å². The molecule has 0 aliphatic carbocycles. The van der Waals surface area contributed by atoms with Crippen molar-refractivity contribution < 1.29 is 13.2 Å². The fourth-order valence-electron chi connectivity index (χ4n) is 2.57. The van der Waals surface area contributed by atoms with Gasteiger partial charge in [0.2, 0.25) is 0 Å². The van der Waals surface area contributed by atoms with E-state index in [-0.39, 0.29) is 10.9 Å². The van der Waals surface area contributed by atoms with Gasteiger partial charge in [0.25, 0.3) is 0 Å². The number of ether oxygens (including phenoxy) is 1. The maximum atomic E-state index is 13.1. The van der Waals surface area contributed by atoms with Crippen molar-refractivity contribution in [2.75, 3.05) is 31.6 Å². The molecule has 1 fully saturated rings. The Bertz CT molecular complexity index is 697. The van der Waals surface area contributed by atoms with Gasteiger partial charge in [0.05, 0.1) is 18.1 Å². The predicted octanol–water partition coefficient (Wildman–Crippen LogP) is 0.918. The molecule has 0 spiro atoms. The monoisotopic (exact) mass is 338 g/mol. The summed E-state index contributed by atoms with van der Waals surface area (Å²) in [4.78, 5) is 2.05. The highest BCUT2D eigenvalue weighted by Gasteiger charge is 2.32. The Morgan fingerprint density at radius 3 is 2.70 bits per heavy atom. The topological polar surface area (TPSA) is 109 Å². The summed E-state index contributed by atoms with van der Waals surface area (Å²) >= 11 is 0. The second-order valence-corrected chi connectivity index (χ2v) is 7.35. The highest BCUT2D eigenvalue weighted by Crippen LogP contribution is 2.26. The first kappa shape index (κ1) is 17.5. The molecule has 23 heavy (non-hydrogen) atoms. The van der Waals surface area contributed by atoms with Crippen molar-refractivity contribution in [1.82, 2.24) is 4.90 Å². The third kappa shape index (κ3) is 3.90. The number of sulfone groups is 1. The van der Waals surface area contributed by atoms with Crippen LogP contribution >= 0.6 is 0 Å². The number of aryl methyl sites for hydroxylation is 1. The number of nitrogens with one attached hydrogen (secondary N) is 2. The van der Waals surface area contributed by atoms with Crippen molar-refractivity contribution in [3.8, 4) is 0 Å². The fourth-order valence-corrected chi connectivity index (χ4v) is 4.50. The van der Waals surface area contributed by atoms with E-state index >= 15 is 0 Å². The number of morpholine rings is 1. The highest BCUT2D eigenvalue weighted by molar-refractivity contribution is 7.92. The lowest BCUT2D eigenvalue weighted by Gasteiger charge is -2.32. The van der Waals surface area contributed by atoms with E-state index in [1.54, 1.807) is 19.1 Å². The Balaban J connectivity index is 2.40. The molecule has 7 nitrogen and oxygen atoms in total. The minimum atomic E-state index is -3.64. The minimum absolute atomic E-state index is 0.208. The van der Waals surface area contributed by atoms with Crippen LogP contribution < -0.4 is 11.1 Å². The van der Waals surface area contributed by atoms with Crippen LogP contribution in [0.3, 0.4) is 0 Å². The average Bonchev–Trinajstić information content (AvgIpc) is 2.50. The number of guanidine groups is 1. The van der Waals surface area contributed by atoms with Gasteiger partial charge in [-0.3, -0.25) is 10.3 Å². The molecule has 8 heteroatoms. The van der Waals surface area contributed by atoms with Gasteiger partial charge in [0.1, 0.15) is 5.37 Å². The number of hydrogen-bond acceptors (Lipinski definition) is 5. The van der Waals surface area contributed by atoms with Gasteiger partial charge >= 0.3 is 0 Å². The second-order valence-electron chi connectivity index (χ2n) is 5.34. The van der Waals surface area contributed by atoms with E-state index in [2.05, 4.69) is 11.9 Å². The summed E-state index contributed by atoms with van der Waals surface area (Å²) in [6.45, 7) is 7.53. The van der Waals surface area contributed by atoms with Crippen LogP contribution in [0.4, 0.5) is 5.69 Å². The van der Waals surface area contributed by atoms with E-state index in [0.717, 1.165) is 0 Å². The molecular weight excluding hydrogens is 316 g/mol. The maximum Gasteiger partial charge on any atom is 0.198 e. The summed E-state index contributed by atoms with van der Waals surface area (Å²) in [6.07, 6.45) is 1.45. The number of anilines is 1. The summed E-state index contributed by atoms with van der Waals surface area (Å²) in [7, 11) is -3.64. The standard InChI is InChI=1S/C15H22N4O3S/c1-3-14(19-6-8-22-9-7-19)23(20,21)13-10-12(18-15(16)17)5-4-11(13)2/h3-5,10,14H,1,6-9H2,2H3,(H4,16,17,18). The van der Waals surface area contributed by atoms with Crippen molar-refractivity contribution in [3.63, 3.8) is 0 Å². The Morgan fingerprint density at radius 2 is 2.13 bits per heavy atom. The van der Waals surface area contributed by atoms with Gasteiger partial charge < -0.3 is 15.8 Å². The SMILES string of the molecule is C=CC(N1CCOCC1)S(=O)(=O)c1cc(NC(=N)N)ccc1C. The molecule has 1 unspecified atom stereocenters. The van der Waals surface area contributed by atoms with Gasteiger partial charge in [-0.25, -0.2) is 8.42 Å². The number of benzene rings is 1. The Kier molecular flexibility index (Phi) is 5.40. The van der Waals surface area contributed by atoms with Gasteiger partial charge in [-0.05, 0) is 24.6 Å². The van der Waals surface area contributed by atoms with Crippen LogP contribution in [0.5, 0.6) is 0 Å². The third-order valence-corrected chi connectivity index (χ3v) is 5.88. The molecule has 1 aromatic rings. The number of nitrogens with two attached hydrogens (primary N) is 1. The van der Waals surface area contributed by atoms with Crippen molar-refractivity contribution in [2.45, 2.75) is 17.2 Å². The highest BCUT2D eigenvalue weighted by atomic mass is 32.2.